The van der Waals surface area contributed by atoms with Gasteiger partial charge in [-0.1, -0.05) is 115 Å². The summed E-state index contributed by atoms with van der Waals surface area (Å²) in [6, 6.07) is 52.6. The van der Waals surface area contributed by atoms with Gasteiger partial charge in [0.15, 0.2) is 0 Å². The standard InChI is InChI=1S/C41H28N2S/c1-3-11-29(12-4-1)36-23-21-28(25-42-36)27-44(31-22-24-37(43-26-31)30-13-5-2-6-14-30)38-19-9-17-34-32-15-7-8-16-33(32)35-18-10-20-39(44)41(35)40(34)38/h1-26H,27H2. The molecule has 0 bridgehead atoms. The fraction of sp³-hybridized carbons (Fsp3) is 0.0244. The SMILES string of the molecule is c1ccc(-c2ccc(CS3(c4ccc(-c5ccccc5)nc4)c4cccc5c6ccccc6c6cccc3c6c45)cn2)cc1. The molecule has 0 saturated heterocycles. The number of hydrogen-bond donors (Lipinski definition) is 0. The normalized spacial score (nSPS) is 14.0. The van der Waals surface area contributed by atoms with Crippen molar-refractivity contribution in [3.63, 3.8) is 0 Å². The minimum atomic E-state index is -1.71. The molecule has 0 radical (unpaired) electrons. The zero-order valence-corrected chi connectivity index (χ0v) is 24.8. The van der Waals surface area contributed by atoms with E-state index in [0.29, 0.717) is 0 Å². The topological polar surface area (TPSA) is 25.8 Å². The van der Waals surface area contributed by atoms with Gasteiger partial charge in [0.05, 0.1) is 11.4 Å². The average Bonchev–Trinajstić information content (AvgIpc) is 3.40. The summed E-state index contributed by atoms with van der Waals surface area (Å²) in [6.45, 7) is 0. The second kappa shape index (κ2) is 9.90. The highest BCUT2D eigenvalue weighted by molar-refractivity contribution is 8.33. The Labute approximate surface area is 258 Å². The minimum Gasteiger partial charge on any atom is -0.256 e. The molecule has 0 aliphatic carbocycles. The fourth-order valence-electron chi connectivity index (χ4n) is 7.08. The molecular weight excluding hydrogens is 553 g/mol. The molecule has 0 spiro atoms. The second-order valence-corrected chi connectivity index (χ2v) is 14.6. The molecule has 2 nitrogen and oxygen atoms in total. The lowest BCUT2D eigenvalue weighted by atomic mass is 9.95. The Kier molecular flexibility index (Phi) is 5.69. The highest BCUT2D eigenvalue weighted by Gasteiger charge is 2.40. The van der Waals surface area contributed by atoms with Crippen molar-refractivity contribution < 1.29 is 0 Å². The van der Waals surface area contributed by atoms with E-state index < -0.39 is 10.0 Å². The fourth-order valence-corrected chi connectivity index (χ4v) is 11.2. The molecule has 9 rings (SSSR count). The number of fused-ring (bicyclic) bond motifs is 3. The molecule has 0 amide bonds. The summed E-state index contributed by atoms with van der Waals surface area (Å²) in [7, 11) is -1.71. The van der Waals surface area contributed by atoms with Gasteiger partial charge in [0.1, 0.15) is 0 Å². The summed E-state index contributed by atoms with van der Waals surface area (Å²) in [5.74, 6) is 0.866. The van der Waals surface area contributed by atoms with Crippen molar-refractivity contribution in [2.75, 3.05) is 0 Å². The van der Waals surface area contributed by atoms with Crippen molar-refractivity contribution in [1.29, 1.82) is 0 Å². The van der Waals surface area contributed by atoms with Crippen LogP contribution in [0.2, 0.25) is 0 Å². The van der Waals surface area contributed by atoms with Gasteiger partial charge < -0.3 is 0 Å². The summed E-state index contributed by atoms with van der Waals surface area (Å²) in [5.41, 5.74) is 5.50. The van der Waals surface area contributed by atoms with Crippen LogP contribution in [0, 0.1) is 0 Å². The lowest BCUT2D eigenvalue weighted by molar-refractivity contribution is 1.18. The first-order valence-electron chi connectivity index (χ1n) is 15.0. The molecule has 1 aliphatic rings. The summed E-state index contributed by atoms with van der Waals surface area (Å²) in [4.78, 5) is 14.2. The maximum absolute atomic E-state index is 5.08. The Hall–Kier alpha value is -5.25. The third-order valence-electron chi connectivity index (χ3n) is 9.05. The Morgan fingerprint density at radius 2 is 0.909 bits per heavy atom. The van der Waals surface area contributed by atoms with Crippen LogP contribution >= 0.6 is 10.0 Å². The van der Waals surface area contributed by atoms with Crippen molar-refractivity contribution >= 4 is 42.3 Å². The molecular formula is C41H28N2S. The third-order valence-corrected chi connectivity index (χ3v) is 13.0. The molecule has 208 valence electrons. The van der Waals surface area contributed by atoms with Gasteiger partial charge in [-0.25, -0.2) is 0 Å². The molecule has 1 aliphatic heterocycles. The predicted octanol–water partition coefficient (Wildman–Crippen LogP) is 11.1. The van der Waals surface area contributed by atoms with Crippen LogP contribution in [0.4, 0.5) is 0 Å². The van der Waals surface area contributed by atoms with Gasteiger partial charge in [-0.3, -0.25) is 9.97 Å². The van der Waals surface area contributed by atoms with Crippen LogP contribution in [0.25, 0.3) is 54.8 Å². The second-order valence-electron chi connectivity index (χ2n) is 11.4. The predicted molar refractivity (Wildman–Crippen MR) is 184 cm³/mol. The van der Waals surface area contributed by atoms with E-state index in [1.165, 1.54) is 52.6 Å². The van der Waals surface area contributed by atoms with E-state index in [4.69, 9.17) is 9.97 Å². The van der Waals surface area contributed by atoms with E-state index in [-0.39, 0.29) is 0 Å². The molecule has 0 fully saturated rings. The lowest BCUT2D eigenvalue weighted by Crippen LogP contribution is -2.06. The van der Waals surface area contributed by atoms with Crippen molar-refractivity contribution in [3.8, 4) is 22.5 Å². The maximum Gasteiger partial charge on any atom is 0.0702 e. The van der Waals surface area contributed by atoms with Crippen LogP contribution in [0.5, 0.6) is 0 Å². The van der Waals surface area contributed by atoms with E-state index in [0.717, 1.165) is 28.3 Å². The molecule has 0 unspecified atom stereocenters. The maximum atomic E-state index is 5.08. The summed E-state index contributed by atoms with van der Waals surface area (Å²) >= 11 is 0. The quantitative estimate of drug-likeness (QED) is 0.189. The van der Waals surface area contributed by atoms with Crippen LogP contribution in [-0.2, 0) is 5.75 Å². The van der Waals surface area contributed by atoms with Crippen molar-refractivity contribution in [2.45, 2.75) is 20.4 Å². The largest absolute Gasteiger partial charge is 0.256 e. The first-order chi connectivity index (χ1) is 21.8. The van der Waals surface area contributed by atoms with Gasteiger partial charge in [0.2, 0.25) is 0 Å². The number of rotatable bonds is 5. The van der Waals surface area contributed by atoms with Crippen LogP contribution in [-0.4, -0.2) is 9.97 Å². The van der Waals surface area contributed by atoms with Crippen LogP contribution in [0.3, 0.4) is 0 Å². The van der Waals surface area contributed by atoms with Crippen LogP contribution in [0.15, 0.2) is 173 Å². The first-order valence-corrected chi connectivity index (χ1v) is 16.8. The Bertz CT molecular complexity index is 2250. The first kappa shape index (κ1) is 25.3. The van der Waals surface area contributed by atoms with Crippen molar-refractivity contribution in [1.82, 2.24) is 9.97 Å². The highest BCUT2D eigenvalue weighted by atomic mass is 32.3. The zero-order chi connectivity index (χ0) is 29.1. The monoisotopic (exact) mass is 580 g/mol. The van der Waals surface area contributed by atoms with Gasteiger partial charge in [0.25, 0.3) is 0 Å². The molecule has 0 saturated carbocycles. The summed E-state index contributed by atoms with van der Waals surface area (Å²) in [6.07, 6.45) is 4.23. The van der Waals surface area contributed by atoms with Gasteiger partial charge in [0, 0.05) is 54.7 Å². The third kappa shape index (κ3) is 3.69. The smallest absolute Gasteiger partial charge is 0.0702 e. The van der Waals surface area contributed by atoms with Crippen LogP contribution in [0.1, 0.15) is 5.56 Å². The Balaban J connectivity index is 1.30. The number of aromatic nitrogens is 2. The van der Waals surface area contributed by atoms with E-state index >= 15 is 0 Å². The van der Waals surface area contributed by atoms with Gasteiger partial charge in [-0.2, -0.15) is 10.0 Å². The molecule has 8 aromatic rings. The highest BCUT2D eigenvalue weighted by Crippen LogP contribution is 2.76. The average molecular weight is 581 g/mol. The Morgan fingerprint density at radius 3 is 1.41 bits per heavy atom. The number of hydrogen-bond acceptors (Lipinski definition) is 2. The summed E-state index contributed by atoms with van der Waals surface area (Å²) in [5, 5.41) is 8.09. The number of pyridine rings is 2. The molecule has 6 aromatic carbocycles. The zero-order valence-electron chi connectivity index (χ0n) is 24.0. The van der Waals surface area contributed by atoms with Gasteiger partial charge in [-0.15, -0.1) is 0 Å². The minimum absolute atomic E-state index is 0.866. The molecule has 44 heavy (non-hydrogen) atoms. The van der Waals surface area contributed by atoms with E-state index in [9.17, 15) is 0 Å². The summed E-state index contributed by atoms with van der Waals surface area (Å²) < 4.78 is 0. The molecule has 3 heteroatoms. The number of nitrogens with zero attached hydrogens (tertiary/aromatic N) is 2. The van der Waals surface area contributed by atoms with Gasteiger partial charge in [-0.05, 0) is 57.4 Å². The van der Waals surface area contributed by atoms with E-state index in [1.54, 1.807) is 0 Å². The van der Waals surface area contributed by atoms with Crippen LogP contribution < -0.4 is 0 Å². The Morgan fingerprint density at radius 1 is 0.409 bits per heavy atom. The molecule has 0 atom stereocenters. The molecule has 3 heterocycles. The molecule has 0 N–H and O–H groups in total. The van der Waals surface area contributed by atoms with E-state index in [2.05, 4.69) is 152 Å². The van der Waals surface area contributed by atoms with Crippen molar-refractivity contribution in [2.24, 2.45) is 0 Å². The molecule has 2 aromatic heterocycles. The van der Waals surface area contributed by atoms with Gasteiger partial charge >= 0.3 is 0 Å². The number of benzene rings is 6. The lowest BCUT2D eigenvalue weighted by Gasteiger charge is -2.39. The van der Waals surface area contributed by atoms with E-state index in [1.807, 2.05) is 6.07 Å². The van der Waals surface area contributed by atoms with Crippen molar-refractivity contribution in [3.05, 3.63) is 164 Å².